The van der Waals surface area contributed by atoms with Gasteiger partial charge in [0.15, 0.2) is 0 Å². The minimum atomic E-state index is -0.223. The lowest BCUT2D eigenvalue weighted by molar-refractivity contribution is 0.0785. The van der Waals surface area contributed by atoms with E-state index in [1.807, 2.05) is 42.5 Å². The lowest BCUT2D eigenvalue weighted by Gasteiger charge is -2.17. The van der Waals surface area contributed by atoms with Gasteiger partial charge in [0.05, 0.1) is 0 Å². The average Bonchev–Trinajstić information content (AvgIpc) is 2.73. The number of nitrogens with zero attached hydrogens (tertiary/aromatic N) is 2. The predicted molar refractivity (Wildman–Crippen MR) is 104 cm³/mol. The molecule has 0 atom stereocenters. The van der Waals surface area contributed by atoms with Gasteiger partial charge in [-0.15, -0.1) is 0 Å². The highest BCUT2D eigenvalue weighted by Crippen LogP contribution is 2.11. The van der Waals surface area contributed by atoms with E-state index >= 15 is 0 Å². The molecule has 5 nitrogen and oxygen atoms in total. The molecule has 1 aromatic heterocycles. The maximum Gasteiger partial charge on any atom is 0.253 e. The van der Waals surface area contributed by atoms with E-state index in [1.54, 1.807) is 48.6 Å². The number of amides is 2. The zero-order valence-electron chi connectivity index (χ0n) is 15.1. The zero-order chi connectivity index (χ0) is 19.1. The molecule has 2 aromatic carbocycles. The van der Waals surface area contributed by atoms with Gasteiger partial charge in [-0.1, -0.05) is 42.5 Å². The van der Waals surface area contributed by atoms with E-state index in [2.05, 4.69) is 10.3 Å². The Balaban J connectivity index is 1.65. The fourth-order valence-corrected chi connectivity index (χ4v) is 2.73. The number of rotatable bonds is 6. The average molecular weight is 359 g/mol. The van der Waals surface area contributed by atoms with E-state index in [0.717, 1.165) is 11.1 Å². The quantitative estimate of drug-likeness (QED) is 0.735. The summed E-state index contributed by atoms with van der Waals surface area (Å²) in [6.07, 6.45) is 3.39. The third-order valence-electron chi connectivity index (χ3n) is 4.16. The Morgan fingerprint density at radius 3 is 2.41 bits per heavy atom. The van der Waals surface area contributed by atoms with Gasteiger partial charge in [0.25, 0.3) is 11.8 Å². The summed E-state index contributed by atoms with van der Waals surface area (Å²) in [6, 6.07) is 20.3. The molecule has 136 valence electrons. The molecule has 0 unspecified atom stereocenters. The van der Waals surface area contributed by atoms with Crippen LogP contribution in [-0.2, 0) is 13.1 Å². The molecular weight excluding hydrogens is 338 g/mol. The molecule has 0 bridgehead atoms. The van der Waals surface area contributed by atoms with Crippen LogP contribution < -0.4 is 5.32 Å². The number of carbonyl (C=O) groups excluding carboxylic acids is 2. The number of carbonyl (C=O) groups is 2. The summed E-state index contributed by atoms with van der Waals surface area (Å²) in [5.74, 6) is -0.347. The monoisotopic (exact) mass is 359 g/mol. The molecular formula is C22H21N3O2. The molecule has 1 N–H and O–H groups in total. The van der Waals surface area contributed by atoms with Gasteiger partial charge in [0.2, 0.25) is 0 Å². The summed E-state index contributed by atoms with van der Waals surface area (Å²) < 4.78 is 0. The van der Waals surface area contributed by atoms with Crippen LogP contribution in [0.25, 0.3) is 0 Å². The fraction of sp³-hybridized carbons (Fsp3) is 0.136. The summed E-state index contributed by atoms with van der Waals surface area (Å²) in [4.78, 5) is 30.8. The summed E-state index contributed by atoms with van der Waals surface area (Å²) in [5.41, 5.74) is 2.92. The van der Waals surface area contributed by atoms with E-state index in [0.29, 0.717) is 24.2 Å². The largest absolute Gasteiger partial charge is 0.348 e. The van der Waals surface area contributed by atoms with Crippen molar-refractivity contribution in [3.63, 3.8) is 0 Å². The number of benzene rings is 2. The molecule has 2 amide bonds. The first kappa shape index (κ1) is 18.3. The molecule has 0 radical (unpaired) electrons. The van der Waals surface area contributed by atoms with Crippen molar-refractivity contribution in [3.05, 3.63) is 101 Å². The van der Waals surface area contributed by atoms with E-state index in [9.17, 15) is 9.59 Å². The second kappa shape index (κ2) is 8.76. The Bertz CT molecular complexity index is 911. The molecule has 0 spiro atoms. The summed E-state index contributed by atoms with van der Waals surface area (Å²) >= 11 is 0. The van der Waals surface area contributed by atoms with E-state index in [1.165, 1.54) is 0 Å². The van der Waals surface area contributed by atoms with Gasteiger partial charge in [0, 0.05) is 43.7 Å². The molecule has 3 aromatic rings. The van der Waals surface area contributed by atoms with Crippen molar-refractivity contribution in [2.45, 2.75) is 13.1 Å². The summed E-state index contributed by atoms with van der Waals surface area (Å²) in [5, 5.41) is 2.85. The maximum atomic E-state index is 12.7. The van der Waals surface area contributed by atoms with Crippen LogP contribution in [0.3, 0.4) is 0 Å². The van der Waals surface area contributed by atoms with Gasteiger partial charge in [-0.25, -0.2) is 0 Å². The van der Waals surface area contributed by atoms with Crippen LogP contribution in [0.15, 0.2) is 79.1 Å². The van der Waals surface area contributed by atoms with Crippen LogP contribution in [0, 0.1) is 0 Å². The molecule has 1 heterocycles. The van der Waals surface area contributed by atoms with Gasteiger partial charge in [-0.2, -0.15) is 0 Å². The Hall–Kier alpha value is -3.47. The van der Waals surface area contributed by atoms with Gasteiger partial charge in [-0.05, 0) is 35.4 Å². The molecule has 3 rings (SSSR count). The first-order valence-corrected chi connectivity index (χ1v) is 8.70. The number of aromatic nitrogens is 1. The molecule has 0 aliphatic carbocycles. The maximum absolute atomic E-state index is 12.7. The summed E-state index contributed by atoms with van der Waals surface area (Å²) in [6.45, 7) is 0.899. The minimum Gasteiger partial charge on any atom is -0.348 e. The Morgan fingerprint density at radius 1 is 0.926 bits per heavy atom. The van der Waals surface area contributed by atoms with Gasteiger partial charge < -0.3 is 10.2 Å². The van der Waals surface area contributed by atoms with E-state index in [-0.39, 0.29) is 11.8 Å². The predicted octanol–water partition coefficient (Wildman–Crippen LogP) is 3.28. The highest BCUT2D eigenvalue weighted by Gasteiger charge is 2.14. The van der Waals surface area contributed by atoms with Crippen LogP contribution in [0.5, 0.6) is 0 Å². The van der Waals surface area contributed by atoms with Gasteiger partial charge in [-0.3, -0.25) is 14.6 Å². The van der Waals surface area contributed by atoms with Crippen molar-refractivity contribution in [2.24, 2.45) is 0 Å². The number of hydrogen-bond acceptors (Lipinski definition) is 3. The van der Waals surface area contributed by atoms with Crippen molar-refractivity contribution in [1.29, 1.82) is 0 Å². The zero-order valence-corrected chi connectivity index (χ0v) is 15.1. The minimum absolute atomic E-state index is 0.124. The first-order chi connectivity index (χ1) is 13.1. The molecule has 5 heteroatoms. The van der Waals surface area contributed by atoms with Gasteiger partial charge >= 0.3 is 0 Å². The number of hydrogen-bond donors (Lipinski definition) is 1. The molecule has 0 saturated heterocycles. The molecule has 0 saturated carbocycles. The lowest BCUT2D eigenvalue weighted by atomic mass is 10.1. The lowest BCUT2D eigenvalue weighted by Crippen LogP contribution is -2.27. The van der Waals surface area contributed by atoms with E-state index < -0.39 is 0 Å². The van der Waals surface area contributed by atoms with Crippen LogP contribution >= 0.6 is 0 Å². The highest BCUT2D eigenvalue weighted by atomic mass is 16.2. The smallest absolute Gasteiger partial charge is 0.253 e. The van der Waals surface area contributed by atoms with Crippen LogP contribution in [0.2, 0.25) is 0 Å². The second-order valence-electron chi connectivity index (χ2n) is 6.27. The third-order valence-corrected chi connectivity index (χ3v) is 4.16. The van der Waals surface area contributed by atoms with E-state index in [4.69, 9.17) is 0 Å². The summed E-state index contributed by atoms with van der Waals surface area (Å²) in [7, 11) is 1.75. The van der Waals surface area contributed by atoms with Crippen LogP contribution in [0.4, 0.5) is 0 Å². The normalized spacial score (nSPS) is 10.3. The number of nitrogens with one attached hydrogen (secondary N) is 1. The molecule has 0 aliphatic heterocycles. The third kappa shape index (κ3) is 5.01. The Morgan fingerprint density at radius 2 is 1.67 bits per heavy atom. The molecule has 0 aliphatic rings. The van der Waals surface area contributed by atoms with Crippen molar-refractivity contribution in [3.8, 4) is 0 Å². The first-order valence-electron chi connectivity index (χ1n) is 8.70. The van der Waals surface area contributed by atoms with Crippen molar-refractivity contribution in [2.75, 3.05) is 7.05 Å². The van der Waals surface area contributed by atoms with Crippen molar-refractivity contribution >= 4 is 11.8 Å². The molecule has 0 fully saturated rings. The Kier molecular flexibility index (Phi) is 5.94. The van der Waals surface area contributed by atoms with Crippen LogP contribution in [-0.4, -0.2) is 28.7 Å². The van der Waals surface area contributed by atoms with Crippen LogP contribution in [0.1, 0.15) is 31.8 Å². The Labute approximate surface area is 158 Å². The number of pyridine rings is 1. The SMILES string of the molecule is CN(Cc1ccccc1)C(=O)c1cccc(C(=O)NCc2cccnc2)c1. The second-order valence-corrected chi connectivity index (χ2v) is 6.27. The topological polar surface area (TPSA) is 62.3 Å². The standard InChI is InChI=1S/C22H21N3O2/c1-25(16-17-7-3-2-4-8-17)22(27)20-11-5-10-19(13-20)21(26)24-15-18-9-6-12-23-14-18/h2-14H,15-16H2,1H3,(H,24,26). The fourth-order valence-electron chi connectivity index (χ4n) is 2.73. The molecule has 27 heavy (non-hydrogen) atoms. The van der Waals surface area contributed by atoms with Crippen molar-refractivity contribution < 1.29 is 9.59 Å². The van der Waals surface area contributed by atoms with Crippen molar-refractivity contribution in [1.82, 2.24) is 15.2 Å². The van der Waals surface area contributed by atoms with Gasteiger partial charge in [0.1, 0.15) is 0 Å². The highest BCUT2D eigenvalue weighted by molar-refractivity contribution is 5.99.